The van der Waals surface area contributed by atoms with Crippen LogP contribution in [0.15, 0.2) is 76.4 Å². The molecule has 0 bridgehead atoms. The van der Waals surface area contributed by atoms with Gasteiger partial charge < -0.3 is 10.1 Å². The molecule has 2 aromatic carbocycles. The van der Waals surface area contributed by atoms with E-state index in [-0.39, 0.29) is 10.7 Å². The largest absolute Gasteiger partial charge is 0.497 e. The summed E-state index contributed by atoms with van der Waals surface area (Å²) >= 11 is 0. The number of nitrogens with zero attached hydrogens (tertiary/aromatic N) is 4. The van der Waals surface area contributed by atoms with Crippen molar-refractivity contribution < 1.29 is 17.9 Å². The van der Waals surface area contributed by atoms with Crippen LogP contribution < -0.4 is 20.3 Å². The summed E-state index contributed by atoms with van der Waals surface area (Å²) in [6.07, 6.45) is 0. The van der Waals surface area contributed by atoms with Gasteiger partial charge in [0.05, 0.1) is 17.7 Å². The van der Waals surface area contributed by atoms with Crippen LogP contribution >= 0.6 is 0 Å². The molecule has 0 radical (unpaired) electrons. The molecule has 0 saturated carbocycles. The first-order valence-electron chi connectivity index (χ1n) is 11.6. The van der Waals surface area contributed by atoms with Crippen LogP contribution in [0.2, 0.25) is 0 Å². The molecule has 0 saturated heterocycles. The number of sulfonamides is 1. The number of benzene rings is 2. The Labute approximate surface area is 219 Å². The van der Waals surface area contributed by atoms with Crippen molar-refractivity contribution in [1.82, 2.24) is 19.7 Å². The number of carbonyl (C=O) groups is 1. The Morgan fingerprint density at radius 1 is 0.974 bits per heavy atom. The minimum atomic E-state index is -3.91. The van der Waals surface area contributed by atoms with Gasteiger partial charge in [0.1, 0.15) is 23.4 Å². The molecule has 0 aliphatic rings. The number of hydrogen-bond acceptors (Lipinski definition) is 8. The lowest BCUT2D eigenvalue weighted by Crippen LogP contribution is -2.33. The van der Waals surface area contributed by atoms with Crippen LogP contribution in [0.1, 0.15) is 24.5 Å². The van der Waals surface area contributed by atoms with Gasteiger partial charge >= 0.3 is 0 Å². The summed E-state index contributed by atoms with van der Waals surface area (Å²) in [5.74, 6) is 0.796. The van der Waals surface area contributed by atoms with E-state index in [2.05, 4.69) is 25.1 Å². The van der Waals surface area contributed by atoms with E-state index in [4.69, 9.17) is 4.74 Å². The molecule has 2 heterocycles. The van der Waals surface area contributed by atoms with Gasteiger partial charge in [0, 0.05) is 29.1 Å². The molecule has 4 aromatic rings. The van der Waals surface area contributed by atoms with Crippen LogP contribution in [0.3, 0.4) is 0 Å². The van der Waals surface area contributed by atoms with Gasteiger partial charge in [-0.05, 0) is 75.4 Å². The number of aromatic nitrogens is 4. The van der Waals surface area contributed by atoms with E-state index in [0.29, 0.717) is 28.6 Å². The SMILES string of the molecule is COc1ccc(-c2ccc(=O)n(C(C)C(=O)Nc3ccc(S(=O)(=O)Nc4cc(C)nc(C)n4)cc3)n2)cc1. The molecule has 0 spiro atoms. The summed E-state index contributed by atoms with van der Waals surface area (Å²) in [6, 6.07) is 16.3. The molecule has 196 valence electrons. The summed E-state index contributed by atoms with van der Waals surface area (Å²) in [5, 5.41) is 7.06. The van der Waals surface area contributed by atoms with Crippen LogP contribution in [0.5, 0.6) is 5.75 Å². The van der Waals surface area contributed by atoms with E-state index in [9.17, 15) is 18.0 Å². The van der Waals surface area contributed by atoms with E-state index in [1.165, 1.54) is 36.4 Å². The zero-order valence-electron chi connectivity index (χ0n) is 21.2. The van der Waals surface area contributed by atoms with Crippen molar-refractivity contribution in [2.75, 3.05) is 17.1 Å². The van der Waals surface area contributed by atoms with Crippen molar-refractivity contribution in [2.45, 2.75) is 31.7 Å². The molecule has 11 nitrogen and oxygen atoms in total. The number of nitrogens with one attached hydrogen (secondary N) is 2. The van der Waals surface area contributed by atoms with Crippen LogP contribution in [0, 0.1) is 13.8 Å². The molecule has 1 unspecified atom stereocenters. The molecule has 0 fully saturated rings. The summed E-state index contributed by atoms with van der Waals surface area (Å²) in [7, 11) is -2.34. The number of methoxy groups -OCH3 is 1. The minimum Gasteiger partial charge on any atom is -0.497 e. The first kappa shape index (κ1) is 26.5. The molecule has 0 aliphatic heterocycles. The van der Waals surface area contributed by atoms with Crippen molar-refractivity contribution in [1.29, 1.82) is 0 Å². The second kappa shape index (κ2) is 10.8. The van der Waals surface area contributed by atoms with Crippen LogP contribution in [-0.2, 0) is 14.8 Å². The number of hydrogen-bond donors (Lipinski definition) is 2. The average molecular weight is 535 g/mol. The van der Waals surface area contributed by atoms with E-state index < -0.39 is 27.5 Å². The third-order valence-corrected chi connectivity index (χ3v) is 6.96. The molecular formula is C26H26N6O5S. The fourth-order valence-electron chi connectivity index (χ4n) is 3.66. The Balaban J connectivity index is 1.48. The zero-order chi connectivity index (χ0) is 27.4. The molecule has 0 aliphatic carbocycles. The average Bonchev–Trinajstić information content (AvgIpc) is 2.88. The van der Waals surface area contributed by atoms with Gasteiger partial charge in [-0.1, -0.05) is 0 Å². The fraction of sp³-hybridized carbons (Fsp3) is 0.192. The molecular weight excluding hydrogens is 508 g/mol. The van der Waals surface area contributed by atoms with Gasteiger partial charge in [-0.25, -0.2) is 23.1 Å². The topological polar surface area (TPSA) is 145 Å². The van der Waals surface area contributed by atoms with Gasteiger partial charge in [0.15, 0.2) is 0 Å². The third-order valence-electron chi connectivity index (χ3n) is 5.59. The molecule has 38 heavy (non-hydrogen) atoms. The monoisotopic (exact) mass is 534 g/mol. The number of rotatable bonds is 8. The molecule has 1 amide bonds. The van der Waals surface area contributed by atoms with Crippen LogP contribution in [0.4, 0.5) is 11.5 Å². The lowest BCUT2D eigenvalue weighted by atomic mass is 10.1. The van der Waals surface area contributed by atoms with Crippen molar-refractivity contribution in [2.24, 2.45) is 0 Å². The maximum absolute atomic E-state index is 12.9. The van der Waals surface area contributed by atoms with Gasteiger partial charge in [0.2, 0.25) is 5.91 Å². The van der Waals surface area contributed by atoms with Gasteiger partial charge in [-0.3, -0.25) is 14.3 Å². The highest BCUT2D eigenvalue weighted by Crippen LogP contribution is 2.21. The lowest BCUT2D eigenvalue weighted by Gasteiger charge is -2.15. The maximum atomic E-state index is 12.9. The Bertz CT molecular complexity index is 1610. The normalized spacial score (nSPS) is 12.0. The molecule has 2 aromatic heterocycles. The van der Waals surface area contributed by atoms with Crippen molar-refractivity contribution in [3.05, 3.63) is 88.6 Å². The highest BCUT2D eigenvalue weighted by molar-refractivity contribution is 7.92. The number of amides is 1. The summed E-state index contributed by atoms with van der Waals surface area (Å²) in [6.45, 7) is 4.96. The van der Waals surface area contributed by atoms with Crippen LogP contribution in [-0.4, -0.2) is 41.2 Å². The predicted molar refractivity (Wildman–Crippen MR) is 143 cm³/mol. The first-order chi connectivity index (χ1) is 18.1. The molecule has 12 heteroatoms. The van der Waals surface area contributed by atoms with E-state index in [0.717, 1.165) is 10.2 Å². The minimum absolute atomic E-state index is 0.0115. The fourth-order valence-corrected chi connectivity index (χ4v) is 4.65. The number of ether oxygens (including phenoxy) is 1. The summed E-state index contributed by atoms with van der Waals surface area (Å²) in [4.78, 5) is 33.6. The Morgan fingerprint density at radius 2 is 1.66 bits per heavy atom. The van der Waals surface area contributed by atoms with Gasteiger partial charge in [0.25, 0.3) is 15.6 Å². The molecule has 1 atom stereocenters. The second-order valence-electron chi connectivity index (χ2n) is 8.47. The number of anilines is 2. The predicted octanol–water partition coefficient (Wildman–Crippen LogP) is 3.33. The Kier molecular flexibility index (Phi) is 7.53. The van der Waals surface area contributed by atoms with E-state index in [1.807, 2.05) is 0 Å². The lowest BCUT2D eigenvalue weighted by molar-refractivity contribution is -0.119. The van der Waals surface area contributed by atoms with Gasteiger partial charge in [-0.2, -0.15) is 5.10 Å². The molecule has 2 N–H and O–H groups in total. The third kappa shape index (κ3) is 6.03. The maximum Gasteiger partial charge on any atom is 0.267 e. The summed E-state index contributed by atoms with van der Waals surface area (Å²) in [5.41, 5.74) is 1.82. The van der Waals surface area contributed by atoms with Crippen LogP contribution in [0.25, 0.3) is 11.3 Å². The quantitative estimate of drug-likeness (QED) is 0.350. The number of carbonyl (C=O) groups excluding carboxylic acids is 1. The summed E-state index contributed by atoms with van der Waals surface area (Å²) < 4.78 is 34.2. The smallest absolute Gasteiger partial charge is 0.267 e. The van der Waals surface area contributed by atoms with Crippen molar-refractivity contribution in [3.8, 4) is 17.0 Å². The highest BCUT2D eigenvalue weighted by atomic mass is 32.2. The molecule has 4 rings (SSSR count). The second-order valence-corrected chi connectivity index (χ2v) is 10.1. The van der Waals surface area contributed by atoms with Gasteiger partial charge in [-0.15, -0.1) is 0 Å². The highest BCUT2D eigenvalue weighted by Gasteiger charge is 2.20. The Hall–Kier alpha value is -4.58. The van der Waals surface area contributed by atoms with E-state index in [1.54, 1.807) is 58.2 Å². The van der Waals surface area contributed by atoms with Crippen molar-refractivity contribution in [3.63, 3.8) is 0 Å². The zero-order valence-corrected chi connectivity index (χ0v) is 22.0. The van der Waals surface area contributed by atoms with Crippen molar-refractivity contribution >= 4 is 27.4 Å². The first-order valence-corrected chi connectivity index (χ1v) is 13.0. The number of aryl methyl sites for hydroxylation is 2. The van der Waals surface area contributed by atoms with E-state index >= 15 is 0 Å². The standard InChI is InChI=1S/C26H26N6O5S/c1-16-15-24(28-18(3)27-16)31-38(35,36)22-11-7-20(8-12-22)29-26(34)17(2)32-25(33)14-13-23(30-32)19-5-9-21(37-4)10-6-19/h5-15,17H,1-4H3,(H,29,34)(H,27,28,31). The Morgan fingerprint density at radius 3 is 2.29 bits per heavy atom.